The van der Waals surface area contributed by atoms with Gasteiger partial charge in [0.15, 0.2) is 0 Å². The first-order chi connectivity index (χ1) is 8.77. The van der Waals surface area contributed by atoms with Gasteiger partial charge >= 0.3 is 6.09 Å². The third-order valence-electron chi connectivity index (χ3n) is 3.22. The number of fused-ring (bicyclic) bond motifs is 2. The van der Waals surface area contributed by atoms with Crippen LogP contribution in [0.15, 0.2) is 42.2 Å². The molecule has 18 heavy (non-hydrogen) atoms. The van der Waals surface area contributed by atoms with Gasteiger partial charge in [-0.1, -0.05) is 30.3 Å². The number of benzene rings is 1. The highest BCUT2D eigenvalue weighted by Gasteiger charge is 2.33. The van der Waals surface area contributed by atoms with Crippen LogP contribution in [0.5, 0.6) is 0 Å². The number of hydrogen-bond donors (Lipinski definition) is 1. The molecule has 0 radical (unpaired) electrons. The number of primary amides is 1. The summed E-state index contributed by atoms with van der Waals surface area (Å²) in [5, 5.41) is 0. The number of carbonyl (C=O) groups is 1. The molecule has 1 aliphatic heterocycles. The zero-order chi connectivity index (χ0) is 12.5. The van der Waals surface area contributed by atoms with Gasteiger partial charge in [-0.25, -0.2) is 4.79 Å². The fourth-order valence-corrected chi connectivity index (χ4v) is 2.49. The summed E-state index contributed by atoms with van der Waals surface area (Å²) < 4.78 is 10.6. The van der Waals surface area contributed by atoms with Crippen molar-refractivity contribution in [3.05, 3.63) is 53.3 Å². The molecule has 3 rings (SSSR count). The van der Waals surface area contributed by atoms with E-state index in [2.05, 4.69) is 6.08 Å². The standard InChI is InChI=1S/C14H13NO3/c15-14(16)18-8-12-10-5-2-1-4-9(10)11-6-3-7-17-13(11)12/h1-6,12H,7-8H2,(H2,15,16). The van der Waals surface area contributed by atoms with Crippen LogP contribution in [0.3, 0.4) is 0 Å². The van der Waals surface area contributed by atoms with Crippen LogP contribution in [0, 0.1) is 0 Å². The first kappa shape index (κ1) is 10.9. The van der Waals surface area contributed by atoms with E-state index in [9.17, 15) is 4.79 Å². The lowest BCUT2D eigenvalue weighted by atomic mass is 10.0. The Bertz CT molecular complexity index is 560. The summed E-state index contributed by atoms with van der Waals surface area (Å²) >= 11 is 0. The Kier molecular flexibility index (Phi) is 2.55. The largest absolute Gasteiger partial charge is 0.492 e. The van der Waals surface area contributed by atoms with Gasteiger partial charge in [-0.05, 0) is 17.2 Å². The topological polar surface area (TPSA) is 61.6 Å². The third kappa shape index (κ3) is 1.66. The molecule has 0 spiro atoms. The second kappa shape index (κ2) is 4.22. The highest BCUT2D eigenvalue weighted by atomic mass is 16.5. The van der Waals surface area contributed by atoms with E-state index in [0.717, 1.165) is 22.5 Å². The van der Waals surface area contributed by atoms with Crippen LogP contribution >= 0.6 is 0 Å². The van der Waals surface area contributed by atoms with Crippen molar-refractivity contribution in [1.29, 1.82) is 0 Å². The third-order valence-corrected chi connectivity index (χ3v) is 3.22. The van der Waals surface area contributed by atoms with E-state index in [1.165, 1.54) is 0 Å². The van der Waals surface area contributed by atoms with Crippen molar-refractivity contribution >= 4 is 11.7 Å². The first-order valence-electron chi connectivity index (χ1n) is 5.82. The Hall–Kier alpha value is -2.23. The summed E-state index contributed by atoms with van der Waals surface area (Å²) in [6.45, 7) is 0.777. The van der Waals surface area contributed by atoms with Crippen LogP contribution in [0.25, 0.3) is 5.57 Å². The smallest absolute Gasteiger partial charge is 0.404 e. The molecule has 1 aromatic rings. The SMILES string of the molecule is NC(=O)OCC1C2=C(C=CCO2)c2ccccc21. The second-order valence-electron chi connectivity index (χ2n) is 4.26. The second-order valence-corrected chi connectivity index (χ2v) is 4.26. The fraction of sp³-hybridized carbons (Fsp3) is 0.214. The zero-order valence-electron chi connectivity index (χ0n) is 9.76. The number of amides is 1. The molecule has 1 atom stereocenters. The van der Waals surface area contributed by atoms with Crippen LogP contribution in [-0.4, -0.2) is 19.3 Å². The normalized spacial score (nSPS) is 20.1. The van der Waals surface area contributed by atoms with Gasteiger partial charge < -0.3 is 15.2 Å². The molecule has 0 saturated carbocycles. The predicted octanol–water partition coefficient (Wildman–Crippen LogP) is 2.18. The monoisotopic (exact) mass is 243 g/mol. The van der Waals surface area contributed by atoms with E-state index in [1.807, 2.05) is 30.3 Å². The minimum atomic E-state index is -0.757. The van der Waals surface area contributed by atoms with Gasteiger partial charge in [0.25, 0.3) is 0 Å². The number of carbonyl (C=O) groups excluding carboxylic acids is 1. The molecule has 4 nitrogen and oxygen atoms in total. The molecule has 0 saturated heterocycles. The minimum absolute atomic E-state index is 0.0475. The van der Waals surface area contributed by atoms with Crippen LogP contribution in [0.1, 0.15) is 17.0 Å². The minimum Gasteiger partial charge on any atom is -0.492 e. The van der Waals surface area contributed by atoms with Crippen molar-refractivity contribution in [2.75, 3.05) is 13.2 Å². The van der Waals surface area contributed by atoms with Gasteiger partial charge in [-0.15, -0.1) is 0 Å². The van der Waals surface area contributed by atoms with Crippen LogP contribution < -0.4 is 5.73 Å². The molecule has 1 aromatic carbocycles. The summed E-state index contributed by atoms with van der Waals surface area (Å²) in [6.07, 6.45) is 3.28. The predicted molar refractivity (Wildman–Crippen MR) is 66.7 cm³/mol. The Balaban J connectivity index is 1.99. The van der Waals surface area contributed by atoms with E-state index in [-0.39, 0.29) is 12.5 Å². The summed E-state index contributed by atoms with van der Waals surface area (Å²) in [4.78, 5) is 10.8. The Labute approximate surface area is 105 Å². The molecule has 1 aliphatic carbocycles. The lowest BCUT2D eigenvalue weighted by Crippen LogP contribution is -2.19. The van der Waals surface area contributed by atoms with Gasteiger partial charge in [-0.2, -0.15) is 0 Å². The summed E-state index contributed by atoms with van der Waals surface area (Å²) in [6, 6.07) is 8.04. The molecule has 2 N–H and O–H groups in total. The Morgan fingerprint density at radius 1 is 1.44 bits per heavy atom. The average molecular weight is 243 g/mol. The van der Waals surface area contributed by atoms with E-state index in [1.54, 1.807) is 0 Å². The van der Waals surface area contributed by atoms with E-state index >= 15 is 0 Å². The number of allylic oxidation sites excluding steroid dienone is 2. The number of hydrogen-bond acceptors (Lipinski definition) is 3. The molecular formula is C14H13NO3. The average Bonchev–Trinajstić information content (AvgIpc) is 2.71. The van der Waals surface area contributed by atoms with Crippen molar-refractivity contribution in [2.45, 2.75) is 5.92 Å². The van der Waals surface area contributed by atoms with Crippen LogP contribution in [0.4, 0.5) is 4.79 Å². The van der Waals surface area contributed by atoms with Crippen LogP contribution in [0.2, 0.25) is 0 Å². The molecule has 1 heterocycles. The fourth-order valence-electron chi connectivity index (χ4n) is 2.49. The highest BCUT2D eigenvalue weighted by Crippen LogP contribution is 2.44. The quantitative estimate of drug-likeness (QED) is 0.865. The van der Waals surface area contributed by atoms with Crippen LogP contribution in [-0.2, 0) is 9.47 Å². The Morgan fingerprint density at radius 3 is 3.11 bits per heavy atom. The van der Waals surface area contributed by atoms with Gasteiger partial charge in [0.1, 0.15) is 19.0 Å². The number of ether oxygens (including phenoxy) is 2. The van der Waals surface area contributed by atoms with E-state index < -0.39 is 6.09 Å². The summed E-state index contributed by atoms with van der Waals surface area (Å²) in [7, 11) is 0. The molecule has 0 bridgehead atoms. The molecule has 1 unspecified atom stereocenters. The molecule has 0 aromatic heterocycles. The maximum absolute atomic E-state index is 10.8. The first-order valence-corrected chi connectivity index (χ1v) is 5.82. The van der Waals surface area contributed by atoms with Crippen molar-refractivity contribution < 1.29 is 14.3 Å². The van der Waals surface area contributed by atoms with Gasteiger partial charge in [-0.3, -0.25) is 0 Å². The van der Waals surface area contributed by atoms with Gasteiger partial charge in [0.2, 0.25) is 0 Å². The molecular weight excluding hydrogens is 230 g/mol. The lowest BCUT2D eigenvalue weighted by Gasteiger charge is -2.18. The molecule has 4 heteroatoms. The van der Waals surface area contributed by atoms with Crippen molar-refractivity contribution in [1.82, 2.24) is 0 Å². The lowest BCUT2D eigenvalue weighted by molar-refractivity contribution is 0.138. The summed E-state index contributed by atoms with van der Waals surface area (Å²) in [5.74, 6) is 0.827. The van der Waals surface area contributed by atoms with E-state index in [0.29, 0.717) is 6.61 Å². The molecule has 0 fully saturated rings. The summed E-state index contributed by atoms with van der Waals surface area (Å²) in [5.41, 5.74) is 8.37. The van der Waals surface area contributed by atoms with Crippen molar-refractivity contribution in [3.8, 4) is 0 Å². The molecule has 2 aliphatic rings. The van der Waals surface area contributed by atoms with Crippen molar-refractivity contribution in [3.63, 3.8) is 0 Å². The molecule has 1 amide bonds. The van der Waals surface area contributed by atoms with E-state index in [4.69, 9.17) is 15.2 Å². The van der Waals surface area contributed by atoms with Gasteiger partial charge in [0.05, 0.1) is 5.92 Å². The highest BCUT2D eigenvalue weighted by molar-refractivity contribution is 5.84. The maximum Gasteiger partial charge on any atom is 0.404 e. The number of rotatable bonds is 2. The zero-order valence-corrected chi connectivity index (χ0v) is 9.76. The molecule has 92 valence electrons. The maximum atomic E-state index is 10.8. The van der Waals surface area contributed by atoms with Crippen molar-refractivity contribution in [2.24, 2.45) is 5.73 Å². The number of nitrogens with two attached hydrogens (primary N) is 1. The van der Waals surface area contributed by atoms with Gasteiger partial charge in [0, 0.05) is 5.57 Å². The Morgan fingerprint density at radius 2 is 2.28 bits per heavy atom.